The smallest absolute Gasteiger partial charge is 0.188 e. The van der Waals surface area contributed by atoms with Crippen molar-refractivity contribution < 1.29 is 14.2 Å². The van der Waals surface area contributed by atoms with Gasteiger partial charge in [-0.3, -0.25) is 0 Å². The van der Waals surface area contributed by atoms with Crippen LogP contribution in [0.2, 0.25) is 0 Å². The van der Waals surface area contributed by atoms with Crippen LogP contribution in [0.5, 0.6) is 5.75 Å². The van der Waals surface area contributed by atoms with E-state index in [4.69, 9.17) is 4.74 Å². The molecule has 20 heavy (non-hydrogen) atoms. The first-order valence-electron chi connectivity index (χ1n) is 6.34. The van der Waals surface area contributed by atoms with E-state index in [-0.39, 0.29) is 24.6 Å². The van der Waals surface area contributed by atoms with E-state index in [9.17, 15) is 9.50 Å². The van der Waals surface area contributed by atoms with Crippen LogP contribution in [0.3, 0.4) is 0 Å². The molecule has 2 rings (SSSR count). The molecule has 0 amide bonds. The summed E-state index contributed by atoms with van der Waals surface area (Å²) in [5.41, 5.74) is -0.276. The zero-order valence-corrected chi connectivity index (χ0v) is 11.8. The van der Waals surface area contributed by atoms with Crippen molar-refractivity contribution in [2.24, 2.45) is 0 Å². The molecule has 0 saturated carbocycles. The third kappa shape index (κ3) is 3.33. The second-order valence-electron chi connectivity index (χ2n) is 5.43. The number of aliphatic hydroxyl groups is 1. The summed E-state index contributed by atoms with van der Waals surface area (Å²) in [6, 6.07) is 5.89. The Kier molecular flexibility index (Phi) is 4.04. The van der Waals surface area contributed by atoms with Gasteiger partial charge in [0.1, 0.15) is 24.8 Å². The van der Waals surface area contributed by atoms with Crippen LogP contribution < -0.4 is 4.74 Å². The lowest BCUT2D eigenvalue weighted by Gasteiger charge is -2.20. The summed E-state index contributed by atoms with van der Waals surface area (Å²) >= 11 is 0. The summed E-state index contributed by atoms with van der Waals surface area (Å²) in [5.74, 6) is 0.998. The Morgan fingerprint density at radius 2 is 2.10 bits per heavy atom. The maximum Gasteiger partial charge on any atom is 0.188 e. The number of ether oxygens (including phenoxy) is 1. The van der Waals surface area contributed by atoms with Gasteiger partial charge in [-0.1, -0.05) is 6.07 Å². The van der Waals surface area contributed by atoms with Crippen LogP contribution in [-0.4, -0.2) is 19.9 Å². The molecule has 0 atom stereocenters. The number of nitrogens with zero attached hydrogens (tertiary/aromatic N) is 3. The quantitative estimate of drug-likeness (QED) is 0.932. The van der Waals surface area contributed by atoms with Crippen LogP contribution in [0.25, 0.3) is 0 Å². The highest BCUT2D eigenvalue weighted by Gasteiger charge is 2.20. The zero-order chi connectivity index (χ0) is 14.8. The molecule has 108 valence electrons. The number of aliphatic hydroxyl groups excluding tert-OH is 1. The van der Waals surface area contributed by atoms with E-state index < -0.39 is 0 Å². The summed E-state index contributed by atoms with van der Waals surface area (Å²) in [6.45, 7) is 5.85. The standard InChI is InChI=1S/C14H18FN3O2/c1-14(2,3)18-13(8-19)16-12(17-18)9-20-11-6-4-5-10(15)7-11/h4-7,19H,8-9H2,1-3H3. The van der Waals surface area contributed by atoms with E-state index in [1.165, 1.54) is 12.1 Å². The number of hydrogen-bond donors (Lipinski definition) is 1. The summed E-state index contributed by atoms with van der Waals surface area (Å²) in [7, 11) is 0. The van der Waals surface area contributed by atoms with E-state index in [2.05, 4.69) is 10.1 Å². The maximum absolute atomic E-state index is 13.0. The van der Waals surface area contributed by atoms with Crippen LogP contribution in [0.15, 0.2) is 24.3 Å². The fourth-order valence-electron chi connectivity index (χ4n) is 1.80. The van der Waals surface area contributed by atoms with Gasteiger partial charge in [0.05, 0.1) is 5.54 Å². The summed E-state index contributed by atoms with van der Waals surface area (Å²) in [5, 5.41) is 13.6. The molecule has 1 aromatic heterocycles. The highest BCUT2D eigenvalue weighted by atomic mass is 19.1. The highest BCUT2D eigenvalue weighted by molar-refractivity contribution is 5.22. The van der Waals surface area contributed by atoms with Crippen molar-refractivity contribution in [3.8, 4) is 5.75 Å². The monoisotopic (exact) mass is 279 g/mol. The average molecular weight is 279 g/mol. The van der Waals surface area contributed by atoms with Crippen molar-refractivity contribution in [3.63, 3.8) is 0 Å². The van der Waals surface area contributed by atoms with E-state index in [1.807, 2.05) is 20.8 Å². The molecule has 1 aromatic carbocycles. The number of benzene rings is 1. The first kappa shape index (κ1) is 14.5. The molecular formula is C14H18FN3O2. The molecule has 2 aromatic rings. The Morgan fingerprint density at radius 1 is 1.35 bits per heavy atom. The van der Waals surface area contributed by atoms with Gasteiger partial charge < -0.3 is 9.84 Å². The molecule has 6 heteroatoms. The van der Waals surface area contributed by atoms with Gasteiger partial charge in [0.15, 0.2) is 11.6 Å². The number of aromatic nitrogens is 3. The van der Waals surface area contributed by atoms with Crippen molar-refractivity contribution in [1.82, 2.24) is 14.8 Å². The molecule has 0 aliphatic rings. The Balaban J connectivity index is 2.12. The third-order valence-electron chi connectivity index (χ3n) is 2.66. The molecule has 5 nitrogen and oxygen atoms in total. The molecule has 0 fully saturated rings. The normalized spacial score (nSPS) is 11.7. The van der Waals surface area contributed by atoms with Gasteiger partial charge in [-0.25, -0.2) is 14.1 Å². The summed E-state index contributed by atoms with van der Waals surface area (Å²) < 4.78 is 20.1. The molecule has 0 aliphatic carbocycles. The van der Waals surface area contributed by atoms with E-state index in [0.717, 1.165) is 0 Å². The second-order valence-corrected chi connectivity index (χ2v) is 5.43. The maximum atomic E-state index is 13.0. The van der Waals surface area contributed by atoms with Gasteiger partial charge in [0, 0.05) is 6.07 Å². The largest absolute Gasteiger partial charge is 0.485 e. The van der Waals surface area contributed by atoms with Crippen molar-refractivity contribution in [2.75, 3.05) is 0 Å². The molecule has 0 spiro atoms. The summed E-state index contributed by atoms with van der Waals surface area (Å²) in [6.07, 6.45) is 0. The van der Waals surface area contributed by atoms with Gasteiger partial charge in [-0.15, -0.1) is 0 Å². The summed E-state index contributed by atoms with van der Waals surface area (Å²) in [4.78, 5) is 4.22. The minimum atomic E-state index is -0.355. The van der Waals surface area contributed by atoms with Gasteiger partial charge >= 0.3 is 0 Å². The van der Waals surface area contributed by atoms with Crippen molar-refractivity contribution in [3.05, 3.63) is 41.7 Å². The van der Waals surface area contributed by atoms with Crippen LogP contribution in [0.1, 0.15) is 32.4 Å². The van der Waals surface area contributed by atoms with Crippen molar-refractivity contribution >= 4 is 0 Å². The van der Waals surface area contributed by atoms with Crippen LogP contribution in [-0.2, 0) is 18.8 Å². The number of hydrogen-bond acceptors (Lipinski definition) is 4. The highest BCUT2D eigenvalue weighted by Crippen LogP contribution is 2.17. The molecule has 0 aliphatic heterocycles. The Bertz CT molecular complexity index is 590. The van der Waals surface area contributed by atoms with Crippen molar-refractivity contribution in [2.45, 2.75) is 39.5 Å². The lowest BCUT2D eigenvalue weighted by molar-refractivity contribution is 0.240. The van der Waals surface area contributed by atoms with Gasteiger partial charge in [-0.05, 0) is 32.9 Å². The average Bonchev–Trinajstić information content (AvgIpc) is 2.80. The minimum Gasteiger partial charge on any atom is -0.485 e. The molecular weight excluding hydrogens is 261 g/mol. The SMILES string of the molecule is CC(C)(C)n1nc(COc2cccc(F)c2)nc1CO. The molecule has 0 unspecified atom stereocenters. The molecule has 0 saturated heterocycles. The molecule has 1 N–H and O–H groups in total. The van der Waals surface area contributed by atoms with Crippen LogP contribution in [0.4, 0.5) is 4.39 Å². The third-order valence-corrected chi connectivity index (χ3v) is 2.66. The number of rotatable bonds is 4. The van der Waals surface area contributed by atoms with E-state index in [1.54, 1.807) is 16.8 Å². The predicted octanol–water partition coefficient (Wildman–Crippen LogP) is 2.24. The minimum absolute atomic E-state index is 0.125. The first-order valence-corrected chi connectivity index (χ1v) is 6.34. The Labute approximate surface area is 117 Å². The lowest BCUT2D eigenvalue weighted by atomic mass is 10.1. The fraction of sp³-hybridized carbons (Fsp3) is 0.429. The van der Waals surface area contributed by atoms with Gasteiger partial charge in [-0.2, -0.15) is 5.10 Å². The molecule has 0 radical (unpaired) electrons. The predicted molar refractivity (Wildman–Crippen MR) is 71.7 cm³/mol. The number of halogens is 1. The molecule has 0 bridgehead atoms. The first-order chi connectivity index (χ1) is 9.40. The van der Waals surface area contributed by atoms with E-state index >= 15 is 0 Å². The lowest BCUT2D eigenvalue weighted by Crippen LogP contribution is -2.25. The van der Waals surface area contributed by atoms with Crippen molar-refractivity contribution in [1.29, 1.82) is 0 Å². The Morgan fingerprint density at radius 3 is 2.65 bits per heavy atom. The van der Waals surface area contributed by atoms with Crippen LogP contribution in [0, 0.1) is 5.82 Å². The van der Waals surface area contributed by atoms with E-state index in [0.29, 0.717) is 17.4 Å². The van der Waals surface area contributed by atoms with Crippen LogP contribution >= 0.6 is 0 Å². The zero-order valence-electron chi connectivity index (χ0n) is 11.8. The topological polar surface area (TPSA) is 60.2 Å². The molecule has 1 heterocycles. The Hall–Kier alpha value is -1.95. The fourth-order valence-corrected chi connectivity index (χ4v) is 1.80. The second kappa shape index (κ2) is 5.58. The van der Waals surface area contributed by atoms with Gasteiger partial charge in [0.2, 0.25) is 0 Å². The van der Waals surface area contributed by atoms with Gasteiger partial charge in [0.25, 0.3) is 0 Å².